The molecule has 1 aromatic carbocycles. The maximum absolute atomic E-state index is 12.9. The number of aliphatic imine (C=N–C) groups is 1. The van der Waals surface area contributed by atoms with Gasteiger partial charge in [0.2, 0.25) is 5.88 Å². The molecule has 2 aromatic rings. The molecule has 0 aliphatic heterocycles. The van der Waals surface area contributed by atoms with E-state index >= 15 is 0 Å². The van der Waals surface area contributed by atoms with E-state index in [2.05, 4.69) is 22.2 Å². The lowest BCUT2D eigenvalue weighted by Gasteiger charge is -2.06. The molecule has 0 saturated carbocycles. The first-order chi connectivity index (χ1) is 12.2. The minimum absolute atomic E-state index is 0. The molecule has 3 N–H and O–H groups in total. The van der Waals surface area contributed by atoms with E-state index < -0.39 is 0 Å². The second-order valence-corrected chi connectivity index (χ2v) is 5.75. The molecule has 0 saturated heterocycles. The zero-order valence-corrected chi connectivity index (χ0v) is 17.3. The summed E-state index contributed by atoms with van der Waals surface area (Å²) in [6.07, 6.45) is 6.46. The molecule has 2 rings (SSSR count). The highest BCUT2D eigenvalue weighted by molar-refractivity contribution is 14.0. The van der Waals surface area contributed by atoms with Crippen LogP contribution in [0.4, 0.5) is 4.39 Å². The highest BCUT2D eigenvalue weighted by atomic mass is 127. The van der Waals surface area contributed by atoms with Crippen LogP contribution in [0, 0.1) is 5.82 Å². The smallest absolute Gasteiger partial charge is 0.219 e. The maximum Gasteiger partial charge on any atom is 0.219 e. The Morgan fingerprint density at radius 3 is 2.58 bits per heavy atom. The van der Waals surface area contributed by atoms with Gasteiger partial charge >= 0.3 is 0 Å². The normalized spacial score (nSPS) is 10.9. The summed E-state index contributed by atoms with van der Waals surface area (Å²) >= 11 is 0. The number of nitrogens with zero attached hydrogens (tertiary/aromatic N) is 2. The van der Waals surface area contributed by atoms with Gasteiger partial charge in [-0.15, -0.1) is 24.0 Å². The number of ether oxygens (including phenoxy) is 1. The van der Waals surface area contributed by atoms with Crippen LogP contribution in [-0.2, 0) is 6.54 Å². The van der Waals surface area contributed by atoms with Gasteiger partial charge in [-0.1, -0.05) is 32.3 Å². The van der Waals surface area contributed by atoms with Crippen LogP contribution < -0.4 is 15.8 Å². The SMILES string of the molecule is CCCCCCNC(N)=NCc1ccc(Oc2ccc(F)cc2)nc1.I. The molecule has 0 amide bonds. The third-order valence-electron chi connectivity index (χ3n) is 3.60. The van der Waals surface area contributed by atoms with E-state index in [1.54, 1.807) is 24.4 Å². The van der Waals surface area contributed by atoms with E-state index in [9.17, 15) is 4.39 Å². The Kier molecular flexibility index (Phi) is 10.6. The van der Waals surface area contributed by atoms with Gasteiger partial charge in [0.05, 0.1) is 6.54 Å². The van der Waals surface area contributed by atoms with Crippen molar-refractivity contribution in [3.63, 3.8) is 0 Å². The predicted octanol–water partition coefficient (Wildman–Crippen LogP) is 4.62. The van der Waals surface area contributed by atoms with Crippen molar-refractivity contribution in [2.75, 3.05) is 6.54 Å². The van der Waals surface area contributed by atoms with Gasteiger partial charge in [-0.3, -0.25) is 0 Å². The molecule has 0 unspecified atom stereocenters. The number of hydrogen-bond acceptors (Lipinski definition) is 3. The van der Waals surface area contributed by atoms with Crippen molar-refractivity contribution in [3.8, 4) is 11.6 Å². The summed E-state index contributed by atoms with van der Waals surface area (Å²) in [7, 11) is 0. The van der Waals surface area contributed by atoms with Crippen molar-refractivity contribution in [1.82, 2.24) is 10.3 Å². The number of aromatic nitrogens is 1. The molecule has 0 aliphatic rings. The molecule has 0 aliphatic carbocycles. The number of benzene rings is 1. The van der Waals surface area contributed by atoms with Gasteiger partial charge in [-0.25, -0.2) is 14.4 Å². The van der Waals surface area contributed by atoms with Crippen LogP contribution in [0.2, 0.25) is 0 Å². The highest BCUT2D eigenvalue weighted by Gasteiger charge is 2.00. The molecular weight excluding hydrogens is 446 g/mol. The monoisotopic (exact) mass is 472 g/mol. The second kappa shape index (κ2) is 12.5. The molecule has 0 radical (unpaired) electrons. The molecule has 0 spiro atoms. The third-order valence-corrected chi connectivity index (χ3v) is 3.60. The Bertz CT molecular complexity index is 662. The van der Waals surface area contributed by atoms with Crippen molar-refractivity contribution in [2.45, 2.75) is 39.2 Å². The summed E-state index contributed by atoms with van der Waals surface area (Å²) < 4.78 is 18.4. The molecule has 1 heterocycles. The van der Waals surface area contributed by atoms with Crippen molar-refractivity contribution in [3.05, 3.63) is 54.0 Å². The zero-order chi connectivity index (χ0) is 17.9. The fourth-order valence-electron chi connectivity index (χ4n) is 2.19. The number of nitrogens with one attached hydrogen (secondary N) is 1. The van der Waals surface area contributed by atoms with Crippen molar-refractivity contribution < 1.29 is 9.13 Å². The molecular formula is C19H26FIN4O. The standard InChI is InChI=1S/C19H25FN4O.HI/c1-2-3-4-5-12-22-19(21)24-14-15-6-11-18(23-13-15)25-17-9-7-16(20)8-10-17;/h6-11,13H,2-5,12,14H2,1H3,(H3,21,22,24);1H. The molecule has 26 heavy (non-hydrogen) atoms. The molecule has 0 fully saturated rings. The summed E-state index contributed by atoms with van der Waals surface area (Å²) in [6.45, 7) is 3.49. The van der Waals surface area contributed by atoms with Gasteiger partial charge in [0.25, 0.3) is 0 Å². The first-order valence-electron chi connectivity index (χ1n) is 8.59. The summed E-state index contributed by atoms with van der Waals surface area (Å²) in [5, 5.41) is 3.11. The minimum atomic E-state index is -0.301. The van der Waals surface area contributed by atoms with Crippen LogP contribution in [0.3, 0.4) is 0 Å². The zero-order valence-electron chi connectivity index (χ0n) is 15.0. The summed E-state index contributed by atoms with van der Waals surface area (Å²) in [5.41, 5.74) is 6.78. The average Bonchev–Trinajstić information content (AvgIpc) is 2.63. The molecule has 0 atom stereocenters. The van der Waals surface area contributed by atoms with Crippen LogP contribution in [0.15, 0.2) is 47.6 Å². The highest BCUT2D eigenvalue weighted by Crippen LogP contribution is 2.19. The largest absolute Gasteiger partial charge is 0.439 e. The van der Waals surface area contributed by atoms with E-state index in [0.717, 1.165) is 18.5 Å². The van der Waals surface area contributed by atoms with Crippen molar-refractivity contribution in [2.24, 2.45) is 10.7 Å². The van der Waals surface area contributed by atoms with Gasteiger partial charge in [0.15, 0.2) is 5.96 Å². The second-order valence-electron chi connectivity index (χ2n) is 5.75. The first kappa shape index (κ1) is 22.1. The Morgan fingerprint density at radius 1 is 1.15 bits per heavy atom. The maximum atomic E-state index is 12.9. The van der Waals surface area contributed by atoms with Gasteiger partial charge in [-0.05, 0) is 36.2 Å². The van der Waals surface area contributed by atoms with Crippen molar-refractivity contribution >= 4 is 29.9 Å². The van der Waals surface area contributed by atoms with E-state index in [-0.39, 0.29) is 29.8 Å². The summed E-state index contributed by atoms with van der Waals surface area (Å²) in [6, 6.07) is 9.43. The fourth-order valence-corrected chi connectivity index (χ4v) is 2.19. The number of pyridine rings is 1. The fraction of sp³-hybridized carbons (Fsp3) is 0.368. The quantitative estimate of drug-likeness (QED) is 0.242. The summed E-state index contributed by atoms with van der Waals surface area (Å²) in [4.78, 5) is 8.52. The average molecular weight is 472 g/mol. The molecule has 142 valence electrons. The Balaban J connectivity index is 0.00000338. The lowest BCUT2D eigenvalue weighted by Crippen LogP contribution is -2.32. The lowest BCUT2D eigenvalue weighted by molar-refractivity contribution is 0.461. The molecule has 1 aromatic heterocycles. The van der Waals surface area contributed by atoms with E-state index in [0.29, 0.717) is 24.1 Å². The number of guanidine groups is 1. The van der Waals surface area contributed by atoms with E-state index in [1.165, 1.54) is 31.4 Å². The van der Waals surface area contributed by atoms with Crippen LogP contribution in [0.25, 0.3) is 0 Å². The third kappa shape index (κ3) is 8.46. The molecule has 7 heteroatoms. The van der Waals surface area contributed by atoms with Gasteiger partial charge in [-0.2, -0.15) is 0 Å². The number of halogens is 2. The Hall–Kier alpha value is -1.90. The lowest BCUT2D eigenvalue weighted by atomic mass is 10.2. The van der Waals surface area contributed by atoms with Gasteiger partial charge < -0.3 is 15.8 Å². The van der Waals surface area contributed by atoms with Crippen LogP contribution in [-0.4, -0.2) is 17.5 Å². The predicted molar refractivity (Wildman–Crippen MR) is 114 cm³/mol. The van der Waals surface area contributed by atoms with Crippen molar-refractivity contribution in [1.29, 1.82) is 0 Å². The Labute approximate surface area is 171 Å². The molecule has 0 bridgehead atoms. The van der Waals surface area contributed by atoms with E-state index in [4.69, 9.17) is 10.5 Å². The number of nitrogens with two attached hydrogens (primary N) is 1. The molecule has 5 nitrogen and oxygen atoms in total. The topological polar surface area (TPSA) is 72.5 Å². The van der Waals surface area contributed by atoms with Crippen LogP contribution in [0.5, 0.6) is 11.6 Å². The Morgan fingerprint density at radius 2 is 1.92 bits per heavy atom. The van der Waals surface area contributed by atoms with Gasteiger partial charge in [0, 0.05) is 18.8 Å². The van der Waals surface area contributed by atoms with Crippen LogP contribution >= 0.6 is 24.0 Å². The van der Waals surface area contributed by atoms with Gasteiger partial charge in [0.1, 0.15) is 11.6 Å². The summed E-state index contributed by atoms with van der Waals surface area (Å²) in [5.74, 6) is 1.13. The first-order valence-corrected chi connectivity index (χ1v) is 8.59. The number of unbranched alkanes of at least 4 members (excludes halogenated alkanes) is 3. The number of rotatable bonds is 9. The van der Waals surface area contributed by atoms with Crippen LogP contribution in [0.1, 0.15) is 38.2 Å². The van der Waals surface area contributed by atoms with E-state index in [1.807, 2.05) is 6.07 Å². The number of hydrogen-bond donors (Lipinski definition) is 2. The minimum Gasteiger partial charge on any atom is -0.439 e.